The predicted molar refractivity (Wildman–Crippen MR) is 135 cm³/mol. The molecule has 188 valence electrons. The van der Waals surface area contributed by atoms with E-state index in [2.05, 4.69) is 10.6 Å². The van der Waals surface area contributed by atoms with Crippen molar-refractivity contribution in [2.24, 2.45) is 0 Å². The van der Waals surface area contributed by atoms with E-state index in [4.69, 9.17) is 13.9 Å². The maximum absolute atomic E-state index is 13.3. The van der Waals surface area contributed by atoms with Crippen LogP contribution in [0.4, 0.5) is 11.4 Å². The monoisotopic (exact) mass is 491 g/mol. The van der Waals surface area contributed by atoms with Crippen molar-refractivity contribution in [3.8, 4) is 11.5 Å². The minimum Gasteiger partial charge on any atom is -0.492 e. The molecule has 0 bridgehead atoms. The van der Waals surface area contributed by atoms with Crippen molar-refractivity contribution < 1.29 is 28.3 Å². The third kappa shape index (κ3) is 5.51. The van der Waals surface area contributed by atoms with E-state index < -0.39 is 6.04 Å². The molecule has 9 heteroatoms. The molecule has 0 saturated carbocycles. The highest BCUT2D eigenvalue weighted by Crippen LogP contribution is 2.37. The van der Waals surface area contributed by atoms with Gasteiger partial charge in [0.2, 0.25) is 5.91 Å². The number of benzene rings is 2. The van der Waals surface area contributed by atoms with Crippen molar-refractivity contribution in [1.82, 2.24) is 4.90 Å². The molecular formula is C27H29N3O6. The lowest BCUT2D eigenvalue weighted by Crippen LogP contribution is -2.43. The normalized spacial score (nSPS) is 14.8. The average Bonchev–Trinajstić information content (AvgIpc) is 3.60. The first-order valence-electron chi connectivity index (χ1n) is 12.0. The van der Waals surface area contributed by atoms with Gasteiger partial charge in [0.25, 0.3) is 11.8 Å². The zero-order valence-corrected chi connectivity index (χ0v) is 20.3. The van der Waals surface area contributed by atoms with Crippen LogP contribution in [0.1, 0.15) is 47.6 Å². The Morgan fingerprint density at radius 3 is 2.22 bits per heavy atom. The van der Waals surface area contributed by atoms with Crippen LogP contribution < -0.4 is 20.1 Å². The molecule has 2 heterocycles. The lowest BCUT2D eigenvalue weighted by atomic mass is 10.1. The fourth-order valence-corrected chi connectivity index (χ4v) is 4.13. The van der Waals surface area contributed by atoms with Crippen LogP contribution in [0, 0.1) is 0 Å². The minimum atomic E-state index is -0.648. The molecule has 2 aromatic carbocycles. The molecule has 1 saturated heterocycles. The van der Waals surface area contributed by atoms with Gasteiger partial charge in [-0.2, -0.15) is 0 Å². The summed E-state index contributed by atoms with van der Waals surface area (Å²) in [6, 6.07) is 14.7. The van der Waals surface area contributed by atoms with Gasteiger partial charge in [-0.15, -0.1) is 0 Å². The summed E-state index contributed by atoms with van der Waals surface area (Å²) in [5, 5.41) is 5.76. The molecule has 0 spiro atoms. The van der Waals surface area contributed by atoms with Gasteiger partial charge in [0, 0.05) is 24.2 Å². The van der Waals surface area contributed by atoms with Crippen molar-refractivity contribution in [2.45, 2.75) is 32.7 Å². The molecular weight excluding hydrogens is 462 g/mol. The van der Waals surface area contributed by atoms with Gasteiger partial charge < -0.3 is 29.4 Å². The van der Waals surface area contributed by atoms with Crippen molar-refractivity contribution in [3.63, 3.8) is 0 Å². The first kappa shape index (κ1) is 24.8. The third-order valence-corrected chi connectivity index (χ3v) is 5.77. The standard InChI is InChI=1S/C27H29N3O6/c1-3-34-23-17-20(24(35-4-2)16-19(23)28-25(31)18-10-6-5-7-11-18)29-26(32)21-12-8-14-30(21)27(33)22-13-9-15-36-22/h5-7,9-11,13,15-17,21H,3-4,8,12,14H2,1-2H3,(H,28,31)(H,29,32). The second-order valence-electron chi connectivity index (χ2n) is 8.15. The number of nitrogens with one attached hydrogen (secondary N) is 2. The van der Waals surface area contributed by atoms with Crippen LogP contribution in [0.2, 0.25) is 0 Å². The van der Waals surface area contributed by atoms with E-state index in [1.807, 2.05) is 19.9 Å². The summed E-state index contributed by atoms with van der Waals surface area (Å²) in [7, 11) is 0. The predicted octanol–water partition coefficient (Wildman–Crippen LogP) is 4.57. The number of nitrogens with zero attached hydrogens (tertiary/aromatic N) is 1. The maximum Gasteiger partial charge on any atom is 0.290 e. The fraction of sp³-hybridized carbons (Fsp3) is 0.296. The van der Waals surface area contributed by atoms with Crippen LogP contribution in [0.15, 0.2) is 65.3 Å². The summed E-state index contributed by atoms with van der Waals surface area (Å²) in [5.41, 5.74) is 1.31. The van der Waals surface area contributed by atoms with Crippen LogP contribution >= 0.6 is 0 Å². The highest BCUT2D eigenvalue weighted by Gasteiger charge is 2.36. The highest BCUT2D eigenvalue weighted by atomic mass is 16.5. The number of rotatable bonds is 9. The summed E-state index contributed by atoms with van der Waals surface area (Å²) in [6.45, 7) is 4.81. The van der Waals surface area contributed by atoms with Gasteiger partial charge in [-0.25, -0.2) is 0 Å². The summed E-state index contributed by atoms with van der Waals surface area (Å²) in [5.74, 6) is -0.000689. The molecule has 1 aliphatic rings. The number of likely N-dealkylation sites (tertiary alicyclic amines) is 1. The molecule has 1 atom stereocenters. The van der Waals surface area contributed by atoms with Gasteiger partial charge in [0.15, 0.2) is 5.76 Å². The van der Waals surface area contributed by atoms with Gasteiger partial charge in [-0.05, 0) is 51.0 Å². The molecule has 1 aromatic heterocycles. The molecule has 3 aromatic rings. The number of carbonyl (C=O) groups excluding carboxylic acids is 3. The quantitative estimate of drug-likeness (QED) is 0.454. The molecule has 1 unspecified atom stereocenters. The Morgan fingerprint density at radius 1 is 0.944 bits per heavy atom. The van der Waals surface area contributed by atoms with Crippen molar-refractivity contribution in [2.75, 3.05) is 30.4 Å². The number of carbonyl (C=O) groups is 3. The number of hydrogen-bond donors (Lipinski definition) is 2. The summed E-state index contributed by atoms with van der Waals surface area (Å²) in [6.07, 6.45) is 2.67. The Morgan fingerprint density at radius 2 is 1.61 bits per heavy atom. The van der Waals surface area contributed by atoms with E-state index in [9.17, 15) is 14.4 Å². The minimum absolute atomic E-state index is 0.196. The zero-order valence-electron chi connectivity index (χ0n) is 20.3. The Bertz CT molecular complexity index is 1210. The van der Waals surface area contributed by atoms with E-state index in [-0.39, 0.29) is 23.5 Å². The van der Waals surface area contributed by atoms with Crippen LogP contribution in [-0.2, 0) is 4.79 Å². The Kier molecular flexibility index (Phi) is 7.89. The van der Waals surface area contributed by atoms with E-state index in [0.29, 0.717) is 61.0 Å². The largest absolute Gasteiger partial charge is 0.492 e. The molecule has 9 nitrogen and oxygen atoms in total. The van der Waals surface area contributed by atoms with Gasteiger partial charge in [0.1, 0.15) is 17.5 Å². The van der Waals surface area contributed by atoms with Gasteiger partial charge in [-0.3, -0.25) is 14.4 Å². The fourth-order valence-electron chi connectivity index (χ4n) is 4.13. The SMILES string of the molecule is CCOc1cc(NC(=O)C2CCCN2C(=O)c2ccco2)c(OCC)cc1NC(=O)c1ccccc1. The van der Waals surface area contributed by atoms with Crippen molar-refractivity contribution in [3.05, 3.63) is 72.2 Å². The van der Waals surface area contributed by atoms with E-state index >= 15 is 0 Å². The van der Waals surface area contributed by atoms with Gasteiger partial charge in [0.05, 0.1) is 30.9 Å². The first-order valence-corrected chi connectivity index (χ1v) is 12.0. The van der Waals surface area contributed by atoms with E-state index in [1.54, 1.807) is 48.5 Å². The lowest BCUT2D eigenvalue weighted by molar-refractivity contribution is -0.119. The summed E-state index contributed by atoms with van der Waals surface area (Å²) >= 11 is 0. The topological polar surface area (TPSA) is 110 Å². The number of furan rings is 1. The number of hydrogen-bond acceptors (Lipinski definition) is 6. The zero-order chi connectivity index (χ0) is 25.5. The summed E-state index contributed by atoms with van der Waals surface area (Å²) < 4.78 is 16.8. The number of amides is 3. The molecule has 1 aliphatic heterocycles. The van der Waals surface area contributed by atoms with E-state index in [1.165, 1.54) is 11.2 Å². The second-order valence-corrected chi connectivity index (χ2v) is 8.15. The van der Waals surface area contributed by atoms with Crippen molar-refractivity contribution in [1.29, 1.82) is 0 Å². The molecule has 1 fully saturated rings. The Balaban J connectivity index is 1.58. The third-order valence-electron chi connectivity index (χ3n) is 5.77. The molecule has 0 radical (unpaired) electrons. The van der Waals surface area contributed by atoms with Gasteiger partial charge >= 0.3 is 0 Å². The smallest absolute Gasteiger partial charge is 0.290 e. The average molecular weight is 492 g/mol. The molecule has 36 heavy (non-hydrogen) atoms. The molecule has 3 amide bonds. The van der Waals surface area contributed by atoms with Gasteiger partial charge in [-0.1, -0.05) is 18.2 Å². The van der Waals surface area contributed by atoms with Crippen LogP contribution in [-0.4, -0.2) is 48.4 Å². The number of ether oxygens (including phenoxy) is 2. The molecule has 4 rings (SSSR count). The maximum atomic E-state index is 13.3. The van der Waals surface area contributed by atoms with E-state index in [0.717, 1.165) is 0 Å². The van der Waals surface area contributed by atoms with Crippen LogP contribution in [0.5, 0.6) is 11.5 Å². The molecule has 2 N–H and O–H groups in total. The Hall–Kier alpha value is -4.27. The van der Waals surface area contributed by atoms with Crippen LogP contribution in [0.25, 0.3) is 0 Å². The van der Waals surface area contributed by atoms with Crippen molar-refractivity contribution >= 4 is 29.1 Å². The lowest BCUT2D eigenvalue weighted by Gasteiger charge is -2.24. The summed E-state index contributed by atoms with van der Waals surface area (Å²) in [4.78, 5) is 40.4. The molecule has 0 aliphatic carbocycles. The highest BCUT2D eigenvalue weighted by molar-refractivity contribution is 6.06. The Labute approximate surface area is 209 Å². The second kappa shape index (κ2) is 11.4. The first-order chi connectivity index (χ1) is 17.5. The number of anilines is 2. The van der Waals surface area contributed by atoms with Crippen LogP contribution in [0.3, 0.4) is 0 Å².